The number of rotatable bonds is 11. The van der Waals surface area contributed by atoms with Crippen LogP contribution in [0, 0.1) is 0 Å². The van der Waals surface area contributed by atoms with Gasteiger partial charge in [0.15, 0.2) is 6.23 Å². The fraction of sp³-hybridized carbons (Fsp3) is 0.500. The molecule has 182 valence electrons. The Kier molecular flexibility index (Phi) is 8.70. The number of nitrogens with zero attached hydrogens (tertiary/aromatic N) is 2. The highest BCUT2D eigenvalue weighted by molar-refractivity contribution is 7.66. The van der Waals surface area contributed by atoms with Crippen molar-refractivity contribution >= 4 is 29.3 Å². The Hall–Kier alpha value is -1.29. The molecule has 17 nitrogen and oxygen atoms in total. The lowest BCUT2D eigenvalue weighted by Gasteiger charge is -2.19. The van der Waals surface area contributed by atoms with Crippen molar-refractivity contribution in [3.63, 3.8) is 0 Å². The van der Waals surface area contributed by atoms with Crippen LogP contribution in [0.2, 0.25) is 0 Å². The van der Waals surface area contributed by atoms with Gasteiger partial charge in [-0.1, -0.05) is 6.08 Å². The van der Waals surface area contributed by atoms with Crippen LogP contribution in [0.1, 0.15) is 6.23 Å². The molecule has 0 aliphatic carbocycles. The van der Waals surface area contributed by atoms with E-state index < -0.39 is 60.3 Å². The molecule has 0 bridgehead atoms. The standard InChI is InChI=1S/C12H20N3O14P3/c1-2-4-13-8-3-5-15(12(18)14-8)11-10(17)9(16)7(27-11)6-26-31(22,23)29-32(24,25)28-30(19,20)21/h2-3,5,7,9-11,16-17H,1,4,6H2,(H,22,23)(H,24,25)(H,13,14,18)(H2,19,20,21)/t7-,9-,10-,11-/m1/s1. The third kappa shape index (κ3) is 7.64. The van der Waals surface area contributed by atoms with Crippen molar-refractivity contribution in [3.05, 3.63) is 35.4 Å². The van der Waals surface area contributed by atoms with Gasteiger partial charge in [-0.3, -0.25) is 9.09 Å². The van der Waals surface area contributed by atoms with Gasteiger partial charge < -0.3 is 39.8 Å². The third-order valence-corrected chi connectivity index (χ3v) is 7.49. The minimum Gasteiger partial charge on any atom is -0.387 e. The molecule has 7 N–H and O–H groups in total. The first-order valence-electron chi connectivity index (χ1n) is 8.38. The molecule has 1 aromatic heterocycles. The molecule has 0 spiro atoms. The summed E-state index contributed by atoms with van der Waals surface area (Å²) < 4.78 is 51.2. The minimum atomic E-state index is -5.72. The van der Waals surface area contributed by atoms with Crippen LogP contribution >= 0.6 is 23.5 Å². The van der Waals surface area contributed by atoms with Crippen LogP contribution in [0.5, 0.6) is 0 Å². The molecule has 32 heavy (non-hydrogen) atoms. The van der Waals surface area contributed by atoms with Gasteiger partial charge in [0, 0.05) is 12.7 Å². The summed E-state index contributed by atoms with van der Waals surface area (Å²) in [5.74, 6) is 0.198. The number of aliphatic hydroxyl groups is 2. The number of nitrogens with one attached hydrogen (secondary N) is 1. The molecule has 2 heterocycles. The maximum atomic E-state index is 12.2. The highest BCUT2D eigenvalue weighted by Gasteiger charge is 2.46. The van der Waals surface area contributed by atoms with Gasteiger partial charge in [-0.25, -0.2) is 18.5 Å². The van der Waals surface area contributed by atoms with Gasteiger partial charge in [0.25, 0.3) is 0 Å². The smallest absolute Gasteiger partial charge is 0.387 e. The summed E-state index contributed by atoms with van der Waals surface area (Å²) in [6.45, 7) is 2.80. The molecule has 1 saturated heterocycles. The Bertz CT molecular complexity index is 1030. The van der Waals surface area contributed by atoms with Crippen molar-refractivity contribution in [1.29, 1.82) is 0 Å². The van der Waals surface area contributed by atoms with Crippen molar-refractivity contribution in [2.75, 3.05) is 18.5 Å². The monoisotopic (exact) mass is 523 g/mol. The second kappa shape index (κ2) is 10.3. The van der Waals surface area contributed by atoms with Gasteiger partial charge >= 0.3 is 29.2 Å². The molecule has 0 radical (unpaired) electrons. The summed E-state index contributed by atoms with van der Waals surface area (Å²) in [6.07, 6.45) is -3.76. The number of phosphoric ester groups is 1. The van der Waals surface area contributed by atoms with E-state index in [1.807, 2.05) is 0 Å². The zero-order valence-corrected chi connectivity index (χ0v) is 18.5. The predicted octanol–water partition coefficient (Wildman–Crippen LogP) is -1.20. The lowest BCUT2D eigenvalue weighted by molar-refractivity contribution is -0.0541. The van der Waals surface area contributed by atoms with E-state index in [9.17, 15) is 33.6 Å². The highest BCUT2D eigenvalue weighted by Crippen LogP contribution is 2.66. The van der Waals surface area contributed by atoms with Crippen molar-refractivity contribution in [2.24, 2.45) is 0 Å². The quantitative estimate of drug-likeness (QED) is 0.133. The van der Waals surface area contributed by atoms with Crippen molar-refractivity contribution in [3.8, 4) is 0 Å². The molecule has 20 heteroatoms. The van der Waals surface area contributed by atoms with Crippen molar-refractivity contribution in [2.45, 2.75) is 24.5 Å². The van der Waals surface area contributed by atoms with Crippen LogP contribution in [0.15, 0.2) is 29.7 Å². The van der Waals surface area contributed by atoms with Gasteiger partial charge in [-0.2, -0.15) is 13.6 Å². The molecule has 0 amide bonds. The largest absolute Gasteiger partial charge is 0.490 e. The Balaban J connectivity index is 2.05. The Labute approximate surface area is 179 Å². The highest BCUT2D eigenvalue weighted by atomic mass is 31.3. The molecule has 1 aliphatic heterocycles. The molecule has 2 rings (SSSR count). The lowest BCUT2D eigenvalue weighted by atomic mass is 10.1. The predicted molar refractivity (Wildman–Crippen MR) is 103 cm³/mol. The van der Waals surface area contributed by atoms with Gasteiger partial charge in [-0.15, -0.1) is 6.58 Å². The normalized spacial score (nSPS) is 27.4. The Morgan fingerprint density at radius 3 is 2.38 bits per heavy atom. The molecular weight excluding hydrogens is 503 g/mol. The molecular formula is C12H20N3O14P3. The molecule has 2 unspecified atom stereocenters. The van der Waals surface area contributed by atoms with E-state index in [0.717, 1.165) is 4.57 Å². The van der Waals surface area contributed by atoms with Crippen LogP contribution in [-0.4, -0.2) is 70.8 Å². The molecule has 0 aromatic carbocycles. The summed E-state index contributed by atoms with van der Waals surface area (Å²) in [5.41, 5.74) is -0.871. The number of hydrogen-bond acceptors (Lipinski definition) is 12. The number of ether oxygens (including phenoxy) is 1. The average molecular weight is 523 g/mol. The second-order valence-corrected chi connectivity index (χ2v) is 10.5. The molecule has 1 aromatic rings. The summed E-state index contributed by atoms with van der Waals surface area (Å²) >= 11 is 0. The van der Waals surface area contributed by atoms with E-state index in [1.165, 1.54) is 18.3 Å². The topological polar surface area (TPSA) is 256 Å². The zero-order valence-electron chi connectivity index (χ0n) is 15.8. The van der Waals surface area contributed by atoms with Crippen LogP contribution < -0.4 is 11.0 Å². The Morgan fingerprint density at radius 1 is 1.16 bits per heavy atom. The summed E-state index contributed by atoms with van der Waals surface area (Å²) in [7, 11) is -16.8. The van der Waals surface area contributed by atoms with Gasteiger partial charge in [-0.05, 0) is 6.07 Å². The third-order valence-electron chi connectivity index (χ3n) is 3.69. The van der Waals surface area contributed by atoms with E-state index >= 15 is 0 Å². The van der Waals surface area contributed by atoms with Crippen molar-refractivity contribution < 1.29 is 61.4 Å². The maximum Gasteiger partial charge on any atom is 0.490 e. The zero-order chi connectivity index (χ0) is 24.3. The van der Waals surface area contributed by atoms with Crippen molar-refractivity contribution in [1.82, 2.24) is 9.55 Å². The van der Waals surface area contributed by atoms with Gasteiger partial charge in [0.05, 0.1) is 6.61 Å². The number of aromatic nitrogens is 2. The first kappa shape index (κ1) is 27.0. The van der Waals surface area contributed by atoms with Crippen LogP contribution in [0.4, 0.5) is 5.82 Å². The first-order chi connectivity index (χ1) is 14.6. The lowest BCUT2D eigenvalue weighted by Crippen LogP contribution is -2.36. The van der Waals surface area contributed by atoms with Crippen LogP contribution in [-0.2, 0) is 31.6 Å². The molecule has 0 saturated carbocycles. The SMILES string of the molecule is C=CCNc1ccn([C@@H]2O[C@H](COP(=O)(O)OP(=O)(O)OP(=O)(O)O)[C@@H](O)[C@H]2O)c(=O)n1. The minimum absolute atomic E-state index is 0.198. The molecule has 6 atom stereocenters. The van der Waals surface area contributed by atoms with E-state index in [4.69, 9.17) is 19.4 Å². The van der Waals surface area contributed by atoms with E-state index in [0.29, 0.717) is 6.54 Å². The summed E-state index contributed by atoms with van der Waals surface area (Å²) in [5, 5.41) is 23.0. The fourth-order valence-corrected chi connectivity index (χ4v) is 5.48. The summed E-state index contributed by atoms with van der Waals surface area (Å²) in [6, 6.07) is 1.37. The number of aliphatic hydroxyl groups excluding tert-OH is 2. The number of hydrogen-bond donors (Lipinski definition) is 7. The fourth-order valence-electron chi connectivity index (χ4n) is 2.45. The summed E-state index contributed by atoms with van der Waals surface area (Å²) in [4.78, 5) is 51.4. The number of anilines is 1. The average Bonchev–Trinajstić information content (AvgIpc) is 2.90. The molecule has 1 fully saturated rings. The van der Waals surface area contributed by atoms with Crippen LogP contribution in [0.3, 0.4) is 0 Å². The molecule has 1 aliphatic rings. The van der Waals surface area contributed by atoms with Crippen LogP contribution in [0.25, 0.3) is 0 Å². The van der Waals surface area contributed by atoms with Gasteiger partial charge in [0.2, 0.25) is 0 Å². The van der Waals surface area contributed by atoms with E-state index in [1.54, 1.807) is 0 Å². The maximum absolute atomic E-state index is 12.2. The van der Waals surface area contributed by atoms with Gasteiger partial charge in [0.1, 0.15) is 24.1 Å². The van der Waals surface area contributed by atoms with E-state index in [2.05, 4.69) is 30.0 Å². The first-order valence-corrected chi connectivity index (χ1v) is 12.9. The Morgan fingerprint density at radius 2 is 1.81 bits per heavy atom. The number of phosphoric acid groups is 3. The van der Waals surface area contributed by atoms with E-state index in [-0.39, 0.29) is 5.82 Å². The second-order valence-electron chi connectivity index (χ2n) is 6.11.